The van der Waals surface area contributed by atoms with Crippen molar-refractivity contribution in [2.24, 2.45) is 4.99 Å². The number of nitrogens with zero attached hydrogens (tertiary/aromatic N) is 1. The van der Waals surface area contributed by atoms with Crippen LogP contribution in [-0.2, 0) is 11.2 Å². The summed E-state index contributed by atoms with van der Waals surface area (Å²) >= 11 is 0. The zero-order chi connectivity index (χ0) is 8.39. The number of hydrogen-bond acceptors (Lipinski definition) is 2. The van der Waals surface area contributed by atoms with Crippen LogP contribution in [0.3, 0.4) is 0 Å². The van der Waals surface area contributed by atoms with Crippen LogP contribution in [0.5, 0.6) is 0 Å². The summed E-state index contributed by atoms with van der Waals surface area (Å²) in [7, 11) is 0. The summed E-state index contributed by atoms with van der Waals surface area (Å²) in [5, 5.41) is 0. The topological polar surface area (TPSA) is 29.4 Å². The standard InChI is InChI=1S/C10H9NO/c12-7-11-10-6-5-8-3-1-2-4-9(8)10/h1-4,10H,5-6H2/t10-/m1/s1. The smallest absolute Gasteiger partial charge is 0.211 e. The van der Waals surface area contributed by atoms with Crippen molar-refractivity contribution in [2.45, 2.75) is 18.9 Å². The van der Waals surface area contributed by atoms with Crippen LogP contribution in [0.1, 0.15) is 23.6 Å². The fourth-order valence-electron chi connectivity index (χ4n) is 1.73. The largest absolute Gasteiger partial charge is 0.235 e. The Balaban J connectivity index is 2.42. The number of aliphatic imine (C=N–C) groups is 1. The molecule has 0 fully saturated rings. The first-order chi connectivity index (χ1) is 5.92. The molecule has 0 aliphatic heterocycles. The third-order valence-corrected chi connectivity index (χ3v) is 2.31. The van der Waals surface area contributed by atoms with E-state index in [0.717, 1.165) is 12.8 Å². The van der Waals surface area contributed by atoms with Crippen molar-refractivity contribution < 1.29 is 4.79 Å². The maximum Gasteiger partial charge on any atom is 0.235 e. The number of aryl methyl sites for hydroxylation is 1. The van der Waals surface area contributed by atoms with Crippen molar-refractivity contribution in [1.82, 2.24) is 0 Å². The van der Waals surface area contributed by atoms with Crippen LogP contribution in [-0.4, -0.2) is 6.08 Å². The van der Waals surface area contributed by atoms with Gasteiger partial charge in [-0.15, -0.1) is 0 Å². The first-order valence-electron chi connectivity index (χ1n) is 4.06. The molecule has 0 aromatic heterocycles. The van der Waals surface area contributed by atoms with Gasteiger partial charge in [-0.25, -0.2) is 4.79 Å². The molecule has 12 heavy (non-hydrogen) atoms. The summed E-state index contributed by atoms with van der Waals surface area (Å²) in [6.07, 6.45) is 3.61. The molecule has 0 spiro atoms. The van der Waals surface area contributed by atoms with Crippen LogP contribution >= 0.6 is 0 Å². The van der Waals surface area contributed by atoms with Gasteiger partial charge in [-0.05, 0) is 24.0 Å². The van der Waals surface area contributed by atoms with E-state index in [9.17, 15) is 4.79 Å². The number of carbonyl (C=O) groups excluding carboxylic acids is 1. The second-order valence-corrected chi connectivity index (χ2v) is 2.97. The van der Waals surface area contributed by atoms with Crippen molar-refractivity contribution in [2.75, 3.05) is 0 Å². The van der Waals surface area contributed by atoms with Gasteiger partial charge in [0.05, 0.1) is 6.04 Å². The van der Waals surface area contributed by atoms with E-state index >= 15 is 0 Å². The lowest BCUT2D eigenvalue weighted by Crippen LogP contribution is -1.86. The van der Waals surface area contributed by atoms with E-state index < -0.39 is 0 Å². The molecule has 0 saturated heterocycles. The molecule has 0 amide bonds. The summed E-state index contributed by atoms with van der Waals surface area (Å²) in [6, 6.07) is 8.20. The highest BCUT2D eigenvalue weighted by Gasteiger charge is 2.20. The van der Waals surface area contributed by atoms with Gasteiger partial charge in [0.15, 0.2) is 0 Å². The van der Waals surface area contributed by atoms with Crippen molar-refractivity contribution >= 4 is 6.08 Å². The molecule has 2 nitrogen and oxygen atoms in total. The summed E-state index contributed by atoms with van der Waals surface area (Å²) in [5.74, 6) is 0. The molecule has 0 unspecified atom stereocenters. The molecule has 2 heteroatoms. The van der Waals surface area contributed by atoms with Crippen LogP contribution in [0.4, 0.5) is 0 Å². The first kappa shape index (κ1) is 7.26. The van der Waals surface area contributed by atoms with E-state index in [4.69, 9.17) is 0 Å². The maximum absolute atomic E-state index is 10.1. The lowest BCUT2D eigenvalue weighted by molar-refractivity contribution is 0.557. The monoisotopic (exact) mass is 159 g/mol. The van der Waals surface area contributed by atoms with Crippen molar-refractivity contribution in [3.05, 3.63) is 35.4 Å². The van der Waals surface area contributed by atoms with E-state index in [-0.39, 0.29) is 6.04 Å². The Morgan fingerprint density at radius 2 is 2.25 bits per heavy atom. The van der Waals surface area contributed by atoms with Crippen LogP contribution in [0, 0.1) is 0 Å². The van der Waals surface area contributed by atoms with E-state index in [1.807, 2.05) is 18.2 Å². The fourth-order valence-corrected chi connectivity index (χ4v) is 1.73. The Kier molecular flexibility index (Phi) is 1.77. The molecule has 0 heterocycles. The SMILES string of the molecule is O=C=N[C@@H]1CCc2ccccc21. The van der Waals surface area contributed by atoms with Crippen LogP contribution in [0.2, 0.25) is 0 Å². The van der Waals surface area contributed by atoms with Gasteiger partial charge < -0.3 is 0 Å². The average Bonchev–Trinajstić information content (AvgIpc) is 2.50. The van der Waals surface area contributed by atoms with Gasteiger partial charge in [-0.3, -0.25) is 0 Å². The summed E-state index contributed by atoms with van der Waals surface area (Å²) < 4.78 is 0. The molecule has 2 rings (SSSR count). The molecule has 0 bridgehead atoms. The van der Waals surface area contributed by atoms with Crippen LogP contribution in [0.25, 0.3) is 0 Å². The zero-order valence-electron chi connectivity index (χ0n) is 6.66. The van der Waals surface area contributed by atoms with Crippen molar-refractivity contribution in [3.8, 4) is 0 Å². The van der Waals surface area contributed by atoms with E-state index in [0.29, 0.717) is 0 Å². The second kappa shape index (κ2) is 2.92. The number of hydrogen-bond donors (Lipinski definition) is 0. The Morgan fingerprint density at radius 1 is 1.42 bits per heavy atom. The van der Waals surface area contributed by atoms with Gasteiger partial charge in [-0.2, -0.15) is 4.99 Å². The van der Waals surface area contributed by atoms with Crippen molar-refractivity contribution in [3.63, 3.8) is 0 Å². The molecule has 1 aliphatic carbocycles. The zero-order valence-corrected chi connectivity index (χ0v) is 6.66. The Hall–Kier alpha value is -1.40. The average molecular weight is 159 g/mol. The second-order valence-electron chi connectivity index (χ2n) is 2.97. The normalized spacial score (nSPS) is 19.8. The van der Waals surface area contributed by atoms with E-state index in [1.54, 1.807) is 6.08 Å². The minimum atomic E-state index is 0.0682. The lowest BCUT2D eigenvalue weighted by Gasteiger charge is -2.01. The van der Waals surface area contributed by atoms with Crippen LogP contribution < -0.4 is 0 Å². The molecular formula is C10H9NO. The summed E-state index contributed by atoms with van der Waals surface area (Å²) in [6.45, 7) is 0. The van der Waals surface area contributed by atoms with E-state index in [1.165, 1.54) is 11.1 Å². The van der Waals surface area contributed by atoms with Gasteiger partial charge in [-0.1, -0.05) is 24.3 Å². The molecular weight excluding hydrogens is 150 g/mol. The number of isocyanates is 1. The fraction of sp³-hybridized carbons (Fsp3) is 0.300. The molecule has 1 aliphatic rings. The molecule has 1 aromatic rings. The third-order valence-electron chi connectivity index (χ3n) is 2.31. The maximum atomic E-state index is 10.1. The predicted octanol–water partition coefficient (Wildman–Crippen LogP) is 2.01. The highest BCUT2D eigenvalue weighted by atomic mass is 16.1. The molecule has 1 atom stereocenters. The highest BCUT2D eigenvalue weighted by Crippen LogP contribution is 2.33. The quantitative estimate of drug-likeness (QED) is 0.455. The minimum absolute atomic E-state index is 0.0682. The van der Waals surface area contributed by atoms with Gasteiger partial charge in [0, 0.05) is 0 Å². The number of benzene rings is 1. The lowest BCUT2D eigenvalue weighted by atomic mass is 10.1. The third kappa shape index (κ3) is 1.06. The summed E-state index contributed by atoms with van der Waals surface area (Å²) in [5.41, 5.74) is 2.52. The molecule has 0 radical (unpaired) electrons. The van der Waals surface area contributed by atoms with Gasteiger partial charge in [0.2, 0.25) is 6.08 Å². The Bertz CT molecular complexity index is 339. The van der Waals surface area contributed by atoms with Crippen molar-refractivity contribution in [1.29, 1.82) is 0 Å². The molecule has 0 saturated carbocycles. The molecule has 60 valence electrons. The summed E-state index contributed by atoms with van der Waals surface area (Å²) in [4.78, 5) is 13.8. The van der Waals surface area contributed by atoms with E-state index in [2.05, 4.69) is 11.1 Å². The minimum Gasteiger partial charge on any atom is -0.211 e. The van der Waals surface area contributed by atoms with Gasteiger partial charge in [0.1, 0.15) is 0 Å². The Morgan fingerprint density at radius 3 is 3.08 bits per heavy atom. The van der Waals surface area contributed by atoms with Gasteiger partial charge in [0.25, 0.3) is 0 Å². The molecule has 1 aromatic carbocycles. The number of fused-ring (bicyclic) bond motifs is 1. The Labute approximate surface area is 70.9 Å². The van der Waals surface area contributed by atoms with Crippen LogP contribution in [0.15, 0.2) is 29.3 Å². The molecule has 0 N–H and O–H groups in total. The predicted molar refractivity (Wildman–Crippen MR) is 45.6 cm³/mol. The first-order valence-corrected chi connectivity index (χ1v) is 4.06. The highest BCUT2D eigenvalue weighted by molar-refractivity contribution is 5.40. The van der Waals surface area contributed by atoms with Gasteiger partial charge >= 0.3 is 0 Å². The number of rotatable bonds is 1.